The van der Waals surface area contributed by atoms with Crippen LogP contribution in [-0.2, 0) is 14.3 Å². The molecule has 3 rings (SSSR count). The van der Waals surface area contributed by atoms with Crippen LogP contribution in [0.1, 0.15) is 33.6 Å². The summed E-state index contributed by atoms with van der Waals surface area (Å²) >= 11 is 3.36. The van der Waals surface area contributed by atoms with Crippen LogP contribution in [0.15, 0.2) is 28.7 Å². The maximum atomic E-state index is 12.8. The van der Waals surface area contributed by atoms with Gasteiger partial charge in [0, 0.05) is 15.6 Å². The number of nitrogens with one attached hydrogen (secondary N) is 1. The van der Waals surface area contributed by atoms with Gasteiger partial charge in [0.05, 0.1) is 5.41 Å². The van der Waals surface area contributed by atoms with Crippen molar-refractivity contribution in [1.29, 1.82) is 0 Å². The van der Waals surface area contributed by atoms with Crippen LogP contribution in [0.3, 0.4) is 0 Å². The highest BCUT2D eigenvalue weighted by Gasteiger charge is 2.75. The first-order chi connectivity index (χ1) is 9.73. The SMILES string of the molecule is CC1(C)[C@@]2(C(=O)Nc3ccc(Br)cc3)CC[C@]1(C)C(=O)O2. The standard InChI is InChI=1S/C16H18BrNO3/c1-14(2)15(3)8-9-16(14,21-13(15)20)12(19)18-11-6-4-10(17)5-7-11/h4-7H,8-9H2,1-3H3,(H,18,19)/t15-,16+/m1/s1. The summed E-state index contributed by atoms with van der Waals surface area (Å²) in [6.45, 7) is 5.80. The topological polar surface area (TPSA) is 55.4 Å². The Labute approximate surface area is 132 Å². The average molecular weight is 352 g/mol. The molecule has 0 spiro atoms. The molecule has 1 aliphatic heterocycles. The van der Waals surface area contributed by atoms with Crippen molar-refractivity contribution >= 4 is 33.5 Å². The molecule has 1 aliphatic carbocycles. The van der Waals surface area contributed by atoms with Crippen molar-refractivity contribution in [3.8, 4) is 0 Å². The fourth-order valence-corrected chi connectivity index (χ4v) is 3.78. The van der Waals surface area contributed by atoms with E-state index in [1.807, 2.05) is 45.0 Å². The predicted molar refractivity (Wildman–Crippen MR) is 82.7 cm³/mol. The minimum absolute atomic E-state index is 0.232. The number of hydrogen-bond donors (Lipinski definition) is 1. The Kier molecular flexibility index (Phi) is 3.00. The van der Waals surface area contributed by atoms with Gasteiger partial charge in [-0.25, -0.2) is 0 Å². The molecule has 5 heteroatoms. The Hall–Kier alpha value is -1.36. The first kappa shape index (κ1) is 14.6. The number of halogens is 1. The molecule has 4 nitrogen and oxygen atoms in total. The summed E-state index contributed by atoms with van der Waals surface area (Å²) in [4.78, 5) is 25.0. The molecule has 2 bridgehead atoms. The number of carbonyl (C=O) groups is 2. The van der Waals surface area contributed by atoms with Gasteiger partial charge in [-0.15, -0.1) is 0 Å². The summed E-state index contributed by atoms with van der Waals surface area (Å²) < 4.78 is 6.51. The van der Waals surface area contributed by atoms with Gasteiger partial charge in [0.15, 0.2) is 5.60 Å². The van der Waals surface area contributed by atoms with Gasteiger partial charge in [-0.3, -0.25) is 9.59 Å². The Morgan fingerprint density at radius 2 is 1.81 bits per heavy atom. The molecular formula is C16H18BrNO3. The van der Waals surface area contributed by atoms with Crippen molar-refractivity contribution in [2.24, 2.45) is 10.8 Å². The van der Waals surface area contributed by atoms with Gasteiger partial charge >= 0.3 is 5.97 Å². The Morgan fingerprint density at radius 1 is 1.19 bits per heavy atom. The van der Waals surface area contributed by atoms with E-state index in [0.717, 1.165) is 4.47 Å². The van der Waals surface area contributed by atoms with Crippen molar-refractivity contribution < 1.29 is 14.3 Å². The number of ether oxygens (including phenoxy) is 1. The van der Waals surface area contributed by atoms with Crippen LogP contribution >= 0.6 is 15.9 Å². The van der Waals surface area contributed by atoms with Crippen molar-refractivity contribution in [1.82, 2.24) is 0 Å². The minimum atomic E-state index is -1.06. The van der Waals surface area contributed by atoms with Crippen LogP contribution in [-0.4, -0.2) is 17.5 Å². The van der Waals surface area contributed by atoms with Crippen LogP contribution in [0, 0.1) is 10.8 Å². The van der Waals surface area contributed by atoms with Crippen LogP contribution in [0.4, 0.5) is 5.69 Å². The lowest BCUT2D eigenvalue weighted by atomic mass is 9.66. The Bertz CT molecular complexity index is 625. The van der Waals surface area contributed by atoms with Gasteiger partial charge in [0.2, 0.25) is 0 Å². The second-order valence-electron chi connectivity index (χ2n) is 6.63. The van der Waals surface area contributed by atoms with Crippen LogP contribution in [0.2, 0.25) is 0 Å². The van der Waals surface area contributed by atoms with Gasteiger partial charge in [0.25, 0.3) is 5.91 Å². The van der Waals surface area contributed by atoms with Crippen molar-refractivity contribution in [3.63, 3.8) is 0 Å². The lowest BCUT2D eigenvalue weighted by Crippen LogP contribution is -2.50. The highest BCUT2D eigenvalue weighted by atomic mass is 79.9. The van der Waals surface area contributed by atoms with E-state index in [-0.39, 0.29) is 11.9 Å². The highest BCUT2D eigenvalue weighted by molar-refractivity contribution is 9.10. The van der Waals surface area contributed by atoms with E-state index >= 15 is 0 Å². The average Bonchev–Trinajstić information content (AvgIpc) is 2.72. The number of amides is 1. The third-order valence-corrected chi connectivity index (χ3v) is 6.08. The van der Waals surface area contributed by atoms with Crippen molar-refractivity contribution in [2.75, 3.05) is 5.32 Å². The molecule has 21 heavy (non-hydrogen) atoms. The second-order valence-corrected chi connectivity index (χ2v) is 7.55. The fraction of sp³-hybridized carbons (Fsp3) is 0.500. The fourth-order valence-electron chi connectivity index (χ4n) is 3.51. The van der Waals surface area contributed by atoms with Gasteiger partial charge in [-0.1, -0.05) is 29.8 Å². The molecule has 1 aromatic carbocycles. The zero-order valence-corrected chi connectivity index (χ0v) is 13.9. The van der Waals surface area contributed by atoms with Gasteiger partial charge in [0.1, 0.15) is 0 Å². The van der Waals surface area contributed by atoms with Crippen LogP contribution < -0.4 is 5.32 Å². The number of rotatable bonds is 2. The summed E-state index contributed by atoms with van der Waals surface area (Å²) in [5, 5.41) is 2.89. The zero-order valence-electron chi connectivity index (χ0n) is 12.3. The van der Waals surface area contributed by atoms with Gasteiger partial charge in [-0.05, 0) is 44.0 Å². The summed E-state index contributed by atoms with van der Waals surface area (Å²) in [5.41, 5.74) is -1.46. The molecule has 1 saturated carbocycles. The molecule has 2 aliphatic rings. The molecule has 1 aromatic rings. The highest BCUT2D eigenvalue weighted by Crippen LogP contribution is 2.65. The zero-order chi connectivity index (χ0) is 15.5. The van der Waals surface area contributed by atoms with E-state index < -0.39 is 16.4 Å². The largest absolute Gasteiger partial charge is 0.448 e. The number of hydrogen-bond acceptors (Lipinski definition) is 3. The third kappa shape index (κ3) is 1.73. The van der Waals surface area contributed by atoms with Gasteiger partial charge in [-0.2, -0.15) is 0 Å². The molecule has 112 valence electrons. The molecular weight excluding hydrogens is 334 g/mol. The Morgan fingerprint density at radius 3 is 2.29 bits per heavy atom. The lowest BCUT2D eigenvalue weighted by Gasteiger charge is -2.35. The maximum Gasteiger partial charge on any atom is 0.313 e. The van der Waals surface area contributed by atoms with E-state index in [1.54, 1.807) is 0 Å². The number of benzene rings is 1. The molecule has 1 saturated heterocycles. The first-order valence-corrected chi connectivity index (χ1v) is 7.83. The quantitative estimate of drug-likeness (QED) is 0.829. The summed E-state index contributed by atoms with van der Waals surface area (Å²) in [6, 6.07) is 7.35. The number of anilines is 1. The van der Waals surface area contributed by atoms with E-state index in [1.165, 1.54) is 0 Å². The normalized spacial score (nSPS) is 32.9. The van der Waals surface area contributed by atoms with E-state index in [4.69, 9.17) is 4.74 Å². The number of fused-ring (bicyclic) bond motifs is 2. The van der Waals surface area contributed by atoms with E-state index in [9.17, 15) is 9.59 Å². The van der Waals surface area contributed by atoms with Crippen molar-refractivity contribution in [2.45, 2.75) is 39.2 Å². The predicted octanol–water partition coefficient (Wildman–Crippen LogP) is 3.51. The molecule has 1 amide bonds. The minimum Gasteiger partial charge on any atom is -0.448 e. The molecule has 0 radical (unpaired) electrons. The Balaban J connectivity index is 1.91. The molecule has 0 unspecified atom stereocenters. The van der Waals surface area contributed by atoms with Crippen LogP contribution in [0.25, 0.3) is 0 Å². The molecule has 0 aromatic heterocycles. The van der Waals surface area contributed by atoms with Crippen molar-refractivity contribution in [3.05, 3.63) is 28.7 Å². The summed E-state index contributed by atoms with van der Waals surface area (Å²) in [5.74, 6) is -0.492. The maximum absolute atomic E-state index is 12.8. The number of carbonyl (C=O) groups excluding carboxylic acids is 2. The monoisotopic (exact) mass is 351 g/mol. The van der Waals surface area contributed by atoms with Crippen LogP contribution in [0.5, 0.6) is 0 Å². The second kappa shape index (κ2) is 4.32. The summed E-state index contributed by atoms with van der Waals surface area (Å²) in [6.07, 6.45) is 1.26. The number of esters is 1. The van der Waals surface area contributed by atoms with E-state index in [2.05, 4.69) is 21.2 Å². The third-order valence-electron chi connectivity index (χ3n) is 5.55. The molecule has 1 heterocycles. The first-order valence-electron chi connectivity index (χ1n) is 7.03. The molecule has 2 fully saturated rings. The smallest absolute Gasteiger partial charge is 0.313 e. The lowest BCUT2D eigenvalue weighted by molar-refractivity contribution is -0.165. The summed E-state index contributed by atoms with van der Waals surface area (Å²) in [7, 11) is 0. The van der Waals surface area contributed by atoms with Gasteiger partial charge < -0.3 is 10.1 Å². The molecule has 1 N–H and O–H groups in total. The molecule has 2 atom stereocenters. The van der Waals surface area contributed by atoms with E-state index in [0.29, 0.717) is 18.5 Å².